The van der Waals surface area contributed by atoms with Crippen LogP contribution in [0.15, 0.2) is 17.5 Å². The van der Waals surface area contributed by atoms with Crippen LogP contribution in [0.4, 0.5) is 0 Å². The first-order valence-corrected chi connectivity index (χ1v) is 9.98. The summed E-state index contributed by atoms with van der Waals surface area (Å²) in [5.41, 5.74) is -0.284. The third-order valence-electron chi connectivity index (χ3n) is 4.47. The number of thiophene rings is 1. The van der Waals surface area contributed by atoms with E-state index < -0.39 is 10.0 Å². The number of hydrogen-bond acceptors (Lipinski definition) is 5. The van der Waals surface area contributed by atoms with Crippen LogP contribution in [-0.2, 0) is 26.0 Å². The summed E-state index contributed by atoms with van der Waals surface area (Å²) in [5.74, 6) is 0.310. The van der Waals surface area contributed by atoms with E-state index in [1.807, 2.05) is 22.4 Å². The molecular formula is C14H20N2O4S2. The molecule has 22 heavy (non-hydrogen) atoms. The lowest BCUT2D eigenvalue weighted by molar-refractivity contribution is -0.130. The fraction of sp³-hybridized carbons (Fsp3) is 0.643. The summed E-state index contributed by atoms with van der Waals surface area (Å²) in [4.78, 5) is 15.4. The van der Waals surface area contributed by atoms with E-state index in [4.69, 9.17) is 4.74 Å². The Morgan fingerprint density at radius 1 is 1.59 bits per heavy atom. The zero-order valence-electron chi connectivity index (χ0n) is 12.4. The van der Waals surface area contributed by atoms with Crippen LogP contribution in [0.2, 0.25) is 0 Å². The fourth-order valence-corrected chi connectivity index (χ4v) is 4.47. The molecule has 2 aliphatic rings. The predicted molar refractivity (Wildman–Crippen MR) is 84.2 cm³/mol. The van der Waals surface area contributed by atoms with Crippen molar-refractivity contribution in [1.29, 1.82) is 0 Å². The SMILES string of the molecule is CS(=O)(=O)NC[C@@]12COC[C@@H]1CN(C(=O)Cc1cccs1)C2. The second kappa shape index (κ2) is 5.92. The Morgan fingerprint density at radius 2 is 2.41 bits per heavy atom. The van der Waals surface area contributed by atoms with E-state index in [1.165, 1.54) is 0 Å². The van der Waals surface area contributed by atoms with E-state index in [1.54, 1.807) is 11.3 Å². The van der Waals surface area contributed by atoms with Gasteiger partial charge in [0.2, 0.25) is 15.9 Å². The van der Waals surface area contributed by atoms with Gasteiger partial charge in [-0.05, 0) is 11.4 Å². The van der Waals surface area contributed by atoms with Gasteiger partial charge in [0.1, 0.15) is 0 Å². The zero-order chi connectivity index (χ0) is 15.8. The molecule has 0 aliphatic carbocycles. The summed E-state index contributed by atoms with van der Waals surface area (Å²) in [5, 5.41) is 1.96. The Morgan fingerprint density at radius 3 is 3.09 bits per heavy atom. The first-order valence-electron chi connectivity index (χ1n) is 7.20. The minimum atomic E-state index is -3.24. The van der Waals surface area contributed by atoms with Crippen molar-refractivity contribution in [3.63, 3.8) is 0 Å². The highest BCUT2D eigenvalue weighted by molar-refractivity contribution is 7.88. The van der Waals surface area contributed by atoms with Crippen molar-refractivity contribution in [2.75, 3.05) is 39.1 Å². The molecule has 1 aromatic heterocycles. The van der Waals surface area contributed by atoms with Gasteiger partial charge >= 0.3 is 0 Å². The number of rotatable bonds is 5. The largest absolute Gasteiger partial charge is 0.380 e. The number of amides is 1. The van der Waals surface area contributed by atoms with Crippen LogP contribution in [-0.4, -0.2) is 58.3 Å². The van der Waals surface area contributed by atoms with E-state index in [2.05, 4.69) is 4.72 Å². The third-order valence-corrected chi connectivity index (χ3v) is 6.01. The smallest absolute Gasteiger partial charge is 0.227 e. The molecule has 1 amide bonds. The van der Waals surface area contributed by atoms with Crippen LogP contribution in [0.1, 0.15) is 4.88 Å². The maximum absolute atomic E-state index is 12.4. The van der Waals surface area contributed by atoms with Gasteiger partial charge in [0, 0.05) is 35.8 Å². The average molecular weight is 344 g/mol. The van der Waals surface area contributed by atoms with E-state index >= 15 is 0 Å². The topological polar surface area (TPSA) is 75.7 Å². The molecule has 3 heterocycles. The average Bonchev–Trinajstić information content (AvgIpc) is 3.09. The summed E-state index contributed by atoms with van der Waals surface area (Å²) in [6.45, 7) is 2.64. The lowest BCUT2D eigenvalue weighted by atomic mass is 9.81. The van der Waals surface area contributed by atoms with Crippen molar-refractivity contribution in [2.45, 2.75) is 6.42 Å². The number of likely N-dealkylation sites (tertiary alicyclic amines) is 1. The van der Waals surface area contributed by atoms with Gasteiger partial charge in [-0.25, -0.2) is 13.1 Å². The van der Waals surface area contributed by atoms with E-state index in [0.717, 1.165) is 11.1 Å². The predicted octanol–water partition coefficient (Wildman–Crippen LogP) is 0.315. The molecule has 3 rings (SSSR count). The molecule has 6 nitrogen and oxygen atoms in total. The van der Waals surface area contributed by atoms with Crippen molar-refractivity contribution < 1.29 is 17.9 Å². The van der Waals surface area contributed by atoms with Crippen molar-refractivity contribution in [2.24, 2.45) is 11.3 Å². The number of carbonyl (C=O) groups is 1. The van der Waals surface area contributed by atoms with Gasteiger partial charge in [0.15, 0.2) is 0 Å². The Hall–Kier alpha value is -0.960. The van der Waals surface area contributed by atoms with Crippen molar-refractivity contribution in [1.82, 2.24) is 9.62 Å². The molecule has 0 bridgehead atoms. The normalized spacial score (nSPS) is 28.0. The summed E-state index contributed by atoms with van der Waals surface area (Å²) in [6.07, 6.45) is 1.57. The Bertz CT molecular complexity index is 644. The van der Waals surface area contributed by atoms with Crippen LogP contribution in [0, 0.1) is 11.3 Å². The van der Waals surface area contributed by atoms with Crippen LogP contribution in [0.25, 0.3) is 0 Å². The van der Waals surface area contributed by atoms with Crippen molar-refractivity contribution >= 4 is 27.3 Å². The molecule has 1 aromatic rings. The summed E-state index contributed by atoms with van der Waals surface area (Å²) in [7, 11) is -3.24. The summed E-state index contributed by atoms with van der Waals surface area (Å²) < 4.78 is 30.9. The maximum Gasteiger partial charge on any atom is 0.227 e. The van der Waals surface area contributed by atoms with E-state index in [-0.39, 0.29) is 17.2 Å². The molecule has 2 fully saturated rings. The van der Waals surface area contributed by atoms with E-state index in [9.17, 15) is 13.2 Å². The van der Waals surface area contributed by atoms with Gasteiger partial charge in [-0.15, -0.1) is 11.3 Å². The van der Waals surface area contributed by atoms with Gasteiger partial charge in [-0.2, -0.15) is 0 Å². The molecular weight excluding hydrogens is 324 g/mol. The summed E-state index contributed by atoms with van der Waals surface area (Å²) in [6, 6.07) is 3.90. The summed E-state index contributed by atoms with van der Waals surface area (Å²) >= 11 is 1.58. The van der Waals surface area contributed by atoms with E-state index in [0.29, 0.717) is 39.3 Å². The van der Waals surface area contributed by atoms with Crippen LogP contribution >= 0.6 is 11.3 Å². The number of carbonyl (C=O) groups excluding carboxylic acids is 1. The van der Waals surface area contributed by atoms with Crippen LogP contribution in [0.3, 0.4) is 0 Å². The Balaban J connectivity index is 1.66. The quantitative estimate of drug-likeness (QED) is 0.834. The molecule has 2 atom stereocenters. The number of nitrogens with one attached hydrogen (secondary N) is 1. The third kappa shape index (κ3) is 3.34. The molecule has 0 saturated carbocycles. The zero-order valence-corrected chi connectivity index (χ0v) is 14.1. The molecule has 0 aromatic carbocycles. The second-order valence-electron chi connectivity index (χ2n) is 6.20. The maximum atomic E-state index is 12.4. The van der Waals surface area contributed by atoms with Crippen molar-refractivity contribution in [3.05, 3.63) is 22.4 Å². The highest BCUT2D eigenvalue weighted by Crippen LogP contribution is 2.41. The Kier molecular flexibility index (Phi) is 4.28. The highest BCUT2D eigenvalue weighted by atomic mass is 32.2. The van der Waals surface area contributed by atoms with Crippen LogP contribution < -0.4 is 4.72 Å². The molecule has 8 heteroatoms. The van der Waals surface area contributed by atoms with Gasteiger partial charge < -0.3 is 9.64 Å². The van der Waals surface area contributed by atoms with Crippen molar-refractivity contribution in [3.8, 4) is 0 Å². The minimum Gasteiger partial charge on any atom is -0.380 e. The lowest BCUT2D eigenvalue weighted by Gasteiger charge is -2.27. The first kappa shape index (κ1) is 15.9. The number of hydrogen-bond donors (Lipinski definition) is 1. The molecule has 0 unspecified atom stereocenters. The molecule has 0 spiro atoms. The van der Waals surface area contributed by atoms with Gasteiger partial charge in [0.05, 0.1) is 25.9 Å². The van der Waals surface area contributed by atoms with Gasteiger partial charge in [-0.3, -0.25) is 4.79 Å². The monoisotopic (exact) mass is 344 g/mol. The lowest BCUT2D eigenvalue weighted by Crippen LogP contribution is -2.43. The molecule has 1 N–H and O–H groups in total. The molecule has 122 valence electrons. The first-order chi connectivity index (χ1) is 10.4. The number of ether oxygens (including phenoxy) is 1. The highest BCUT2D eigenvalue weighted by Gasteiger charge is 2.51. The fourth-order valence-electron chi connectivity index (χ4n) is 3.22. The number of sulfonamides is 1. The number of fused-ring (bicyclic) bond motifs is 1. The number of nitrogens with zero attached hydrogens (tertiary/aromatic N) is 1. The molecule has 2 aliphatic heterocycles. The van der Waals surface area contributed by atoms with Gasteiger partial charge in [0.25, 0.3) is 0 Å². The van der Waals surface area contributed by atoms with Gasteiger partial charge in [-0.1, -0.05) is 6.07 Å². The molecule has 2 saturated heterocycles. The minimum absolute atomic E-state index is 0.107. The standard InChI is InChI=1S/C14H20N2O4S2/c1-22(18,19)15-8-14-9-16(6-11(14)7-20-10-14)13(17)5-12-3-2-4-21-12/h2-4,11,15H,5-10H2,1H3/t11-,14+/m0/s1. The Labute approximate surface area is 134 Å². The molecule has 0 radical (unpaired) electrons. The van der Waals surface area contributed by atoms with Crippen LogP contribution in [0.5, 0.6) is 0 Å². The second-order valence-corrected chi connectivity index (χ2v) is 9.06.